The molecule has 1 atom stereocenters. The van der Waals surface area contributed by atoms with E-state index >= 15 is 0 Å². The van der Waals surface area contributed by atoms with Gasteiger partial charge in [0.2, 0.25) is 0 Å². The number of hydrogen-bond acceptors (Lipinski definition) is 2. The minimum atomic E-state index is -0.428. The fraction of sp³-hybridized carbons (Fsp3) is 0.462. The van der Waals surface area contributed by atoms with Crippen LogP contribution >= 0.6 is 0 Å². The number of imidazole rings is 1. The van der Waals surface area contributed by atoms with Gasteiger partial charge in [-0.25, -0.2) is 4.98 Å². The molecule has 1 unspecified atom stereocenters. The van der Waals surface area contributed by atoms with Crippen LogP contribution in [0.25, 0.3) is 0 Å². The van der Waals surface area contributed by atoms with E-state index in [0.29, 0.717) is 6.04 Å². The molecule has 4 nitrogen and oxygen atoms in total. The van der Waals surface area contributed by atoms with Crippen LogP contribution in [-0.2, 0) is 6.54 Å². The topological polar surface area (TPSA) is 43.0 Å². The number of hydrogen-bond donors (Lipinski definition) is 1. The number of aromatic nitrogens is 3. The van der Waals surface area contributed by atoms with E-state index in [0.717, 1.165) is 12.2 Å². The van der Waals surface area contributed by atoms with Crippen LogP contribution in [0.4, 0.5) is 0 Å². The number of aliphatic hydroxyl groups is 1. The van der Waals surface area contributed by atoms with Gasteiger partial charge in [-0.15, -0.1) is 0 Å². The fourth-order valence-electron chi connectivity index (χ4n) is 2.26. The van der Waals surface area contributed by atoms with Crippen LogP contribution in [0, 0.1) is 0 Å². The van der Waals surface area contributed by atoms with Crippen molar-refractivity contribution in [2.24, 2.45) is 0 Å². The molecule has 0 bridgehead atoms. The monoisotopic (exact) mass is 231 g/mol. The van der Waals surface area contributed by atoms with Crippen molar-refractivity contribution in [1.29, 1.82) is 0 Å². The van der Waals surface area contributed by atoms with Gasteiger partial charge in [0.1, 0.15) is 0 Å². The smallest absolute Gasteiger partial charge is 0.0951 e. The predicted octanol–water partition coefficient (Wildman–Crippen LogP) is 2.12. The average Bonchev–Trinajstić information content (AvgIpc) is 2.86. The molecule has 90 valence electrons. The van der Waals surface area contributed by atoms with E-state index in [1.807, 2.05) is 30.9 Å². The zero-order valence-corrected chi connectivity index (χ0v) is 9.95. The summed E-state index contributed by atoms with van der Waals surface area (Å²) in [5, 5.41) is 9.67. The highest BCUT2D eigenvalue weighted by molar-refractivity contribution is 5.13. The Hall–Kier alpha value is -1.55. The van der Waals surface area contributed by atoms with Gasteiger partial charge in [-0.05, 0) is 31.9 Å². The largest absolute Gasteiger partial charge is 0.387 e. The second-order valence-corrected chi connectivity index (χ2v) is 4.76. The summed E-state index contributed by atoms with van der Waals surface area (Å²) in [5.41, 5.74) is 2.17. The van der Waals surface area contributed by atoms with Crippen LogP contribution in [0.3, 0.4) is 0 Å². The molecule has 1 aliphatic carbocycles. The minimum absolute atomic E-state index is 0.428. The third-order valence-electron chi connectivity index (χ3n) is 3.31. The summed E-state index contributed by atoms with van der Waals surface area (Å²) in [4.78, 5) is 4.23. The van der Waals surface area contributed by atoms with Gasteiger partial charge in [0.05, 0.1) is 24.7 Å². The first kappa shape index (κ1) is 10.6. The van der Waals surface area contributed by atoms with Crippen molar-refractivity contribution in [3.63, 3.8) is 0 Å². The van der Waals surface area contributed by atoms with Gasteiger partial charge < -0.3 is 14.2 Å². The summed E-state index contributed by atoms with van der Waals surface area (Å²) in [6, 6.07) is 4.58. The summed E-state index contributed by atoms with van der Waals surface area (Å²) in [6.45, 7) is 2.58. The van der Waals surface area contributed by atoms with Gasteiger partial charge in [0.15, 0.2) is 0 Å². The maximum Gasteiger partial charge on any atom is 0.0951 e. The van der Waals surface area contributed by atoms with Crippen molar-refractivity contribution < 1.29 is 5.11 Å². The Labute approximate surface area is 101 Å². The lowest BCUT2D eigenvalue weighted by atomic mass is 10.3. The molecule has 1 aliphatic rings. The highest BCUT2D eigenvalue weighted by Gasteiger charge is 2.25. The molecule has 1 N–H and O–H groups in total. The molecule has 0 saturated heterocycles. The van der Waals surface area contributed by atoms with Crippen molar-refractivity contribution in [3.8, 4) is 0 Å². The average molecular weight is 231 g/mol. The quantitative estimate of drug-likeness (QED) is 0.875. The van der Waals surface area contributed by atoms with Crippen molar-refractivity contribution in [1.82, 2.24) is 14.1 Å². The third kappa shape index (κ3) is 2.00. The van der Waals surface area contributed by atoms with Crippen LogP contribution in [0.5, 0.6) is 0 Å². The molecule has 1 saturated carbocycles. The van der Waals surface area contributed by atoms with E-state index in [-0.39, 0.29) is 0 Å². The standard InChI is InChI=1S/C13H17N3O/c1-10(17)13-3-2-6-15(13)8-12-7-14-9-16(12)11-4-5-11/h2-3,6-7,9-11,17H,4-5,8H2,1H3. The molecule has 0 spiro atoms. The summed E-state index contributed by atoms with van der Waals surface area (Å²) in [6.07, 6.45) is 7.94. The summed E-state index contributed by atoms with van der Waals surface area (Å²) >= 11 is 0. The Morgan fingerprint density at radius 1 is 1.53 bits per heavy atom. The van der Waals surface area contributed by atoms with E-state index in [9.17, 15) is 5.11 Å². The Balaban J connectivity index is 1.86. The molecular weight excluding hydrogens is 214 g/mol. The molecule has 0 aliphatic heterocycles. The predicted molar refractivity (Wildman–Crippen MR) is 64.7 cm³/mol. The first-order valence-electron chi connectivity index (χ1n) is 6.09. The normalized spacial score (nSPS) is 17.3. The second-order valence-electron chi connectivity index (χ2n) is 4.76. The van der Waals surface area contributed by atoms with Crippen molar-refractivity contribution in [2.75, 3.05) is 0 Å². The lowest BCUT2D eigenvalue weighted by Crippen LogP contribution is -2.09. The van der Waals surface area contributed by atoms with Gasteiger partial charge >= 0.3 is 0 Å². The van der Waals surface area contributed by atoms with Crippen molar-refractivity contribution in [3.05, 3.63) is 42.2 Å². The van der Waals surface area contributed by atoms with E-state index in [2.05, 4.69) is 14.1 Å². The maximum absolute atomic E-state index is 9.67. The molecule has 2 aromatic rings. The molecule has 2 aromatic heterocycles. The minimum Gasteiger partial charge on any atom is -0.387 e. The van der Waals surface area contributed by atoms with Gasteiger partial charge in [0, 0.05) is 24.1 Å². The van der Waals surface area contributed by atoms with E-state index in [1.165, 1.54) is 18.5 Å². The van der Waals surface area contributed by atoms with Gasteiger partial charge in [-0.2, -0.15) is 0 Å². The van der Waals surface area contributed by atoms with Gasteiger partial charge in [-0.3, -0.25) is 0 Å². The lowest BCUT2D eigenvalue weighted by Gasteiger charge is -2.12. The Morgan fingerprint density at radius 3 is 3.06 bits per heavy atom. The molecule has 2 heterocycles. The van der Waals surface area contributed by atoms with Crippen molar-refractivity contribution in [2.45, 2.75) is 38.5 Å². The van der Waals surface area contributed by atoms with E-state index in [1.54, 1.807) is 6.92 Å². The van der Waals surface area contributed by atoms with E-state index < -0.39 is 6.10 Å². The summed E-state index contributed by atoms with van der Waals surface area (Å²) in [7, 11) is 0. The summed E-state index contributed by atoms with van der Waals surface area (Å²) < 4.78 is 4.34. The van der Waals surface area contributed by atoms with Crippen LogP contribution in [0.2, 0.25) is 0 Å². The summed E-state index contributed by atoms with van der Waals surface area (Å²) in [5.74, 6) is 0. The Kier molecular flexibility index (Phi) is 2.52. The molecule has 3 rings (SSSR count). The van der Waals surface area contributed by atoms with Crippen LogP contribution < -0.4 is 0 Å². The molecule has 17 heavy (non-hydrogen) atoms. The second kappa shape index (κ2) is 4.04. The Bertz CT molecular complexity index is 470. The number of nitrogens with zero attached hydrogens (tertiary/aromatic N) is 3. The first-order valence-corrected chi connectivity index (χ1v) is 6.09. The van der Waals surface area contributed by atoms with Gasteiger partial charge in [-0.1, -0.05) is 0 Å². The molecule has 0 aromatic carbocycles. The lowest BCUT2D eigenvalue weighted by molar-refractivity contribution is 0.189. The highest BCUT2D eigenvalue weighted by Crippen LogP contribution is 2.35. The molecule has 4 heteroatoms. The molecular formula is C13H17N3O. The van der Waals surface area contributed by atoms with E-state index in [4.69, 9.17) is 0 Å². The fourth-order valence-corrected chi connectivity index (χ4v) is 2.26. The number of aliphatic hydroxyl groups excluding tert-OH is 1. The highest BCUT2D eigenvalue weighted by atomic mass is 16.3. The molecule has 0 radical (unpaired) electrons. The van der Waals surface area contributed by atoms with Gasteiger partial charge in [0.25, 0.3) is 0 Å². The first-order chi connectivity index (χ1) is 8.25. The van der Waals surface area contributed by atoms with Crippen LogP contribution in [0.15, 0.2) is 30.9 Å². The third-order valence-corrected chi connectivity index (χ3v) is 3.31. The molecule has 0 amide bonds. The van der Waals surface area contributed by atoms with Crippen LogP contribution in [-0.4, -0.2) is 19.2 Å². The zero-order chi connectivity index (χ0) is 11.8. The SMILES string of the molecule is CC(O)c1cccn1Cc1cncn1C1CC1. The zero-order valence-electron chi connectivity index (χ0n) is 9.95. The van der Waals surface area contributed by atoms with Crippen molar-refractivity contribution >= 4 is 0 Å². The molecule has 1 fully saturated rings. The Morgan fingerprint density at radius 2 is 2.35 bits per heavy atom. The maximum atomic E-state index is 9.67. The van der Waals surface area contributed by atoms with Crippen LogP contribution in [0.1, 0.15) is 43.3 Å². The number of rotatable bonds is 4.